The molecule has 0 fully saturated rings. The van der Waals surface area contributed by atoms with Gasteiger partial charge < -0.3 is 16.8 Å². The Labute approximate surface area is 123 Å². The first-order valence-corrected chi connectivity index (χ1v) is 6.43. The maximum Gasteiger partial charge on any atom is 0.267 e. The molecule has 1 heterocycles. The van der Waals surface area contributed by atoms with Gasteiger partial charge in [-0.2, -0.15) is 0 Å². The summed E-state index contributed by atoms with van der Waals surface area (Å²) < 4.78 is 0.851. The average molecular weight is 342 g/mol. The van der Waals surface area contributed by atoms with Crippen LogP contribution in [0.3, 0.4) is 0 Å². The highest BCUT2D eigenvalue weighted by molar-refractivity contribution is 9.10. The van der Waals surface area contributed by atoms with E-state index >= 15 is 0 Å². The summed E-state index contributed by atoms with van der Waals surface area (Å²) in [6, 6.07) is 8.33. The molecule has 2 rings (SSSR count). The van der Waals surface area contributed by atoms with Crippen LogP contribution in [0.15, 0.2) is 34.8 Å². The van der Waals surface area contributed by atoms with Crippen molar-refractivity contribution in [2.45, 2.75) is 0 Å². The lowest BCUT2D eigenvalue weighted by Crippen LogP contribution is -2.14. The van der Waals surface area contributed by atoms with E-state index in [4.69, 9.17) is 23.1 Å². The maximum absolute atomic E-state index is 11.1. The second-order valence-electron chi connectivity index (χ2n) is 3.75. The van der Waals surface area contributed by atoms with Crippen LogP contribution in [0.4, 0.5) is 17.2 Å². The third kappa shape index (κ3) is 3.15. The maximum atomic E-state index is 11.1. The minimum absolute atomic E-state index is 0.128. The van der Waals surface area contributed by atoms with Gasteiger partial charge in [0, 0.05) is 4.47 Å². The molecular formula is C12H10BrClN4O. The molecule has 0 atom stereocenters. The topological polar surface area (TPSA) is 94.0 Å². The van der Waals surface area contributed by atoms with Gasteiger partial charge in [0.2, 0.25) is 0 Å². The number of nitrogens with two attached hydrogens (primary N) is 2. The number of halogens is 2. The van der Waals surface area contributed by atoms with Crippen LogP contribution in [0, 0.1) is 0 Å². The number of amides is 1. The highest BCUT2D eigenvalue weighted by Crippen LogP contribution is 2.29. The molecule has 0 spiro atoms. The molecule has 98 valence electrons. The molecule has 7 heteroatoms. The number of hydrogen-bond donors (Lipinski definition) is 3. The van der Waals surface area contributed by atoms with Crippen LogP contribution in [0.2, 0.25) is 5.02 Å². The number of nitrogens with zero attached hydrogens (tertiary/aromatic N) is 1. The normalized spacial score (nSPS) is 10.2. The van der Waals surface area contributed by atoms with Crippen LogP contribution in [0.1, 0.15) is 10.5 Å². The standard InChI is InChI=1S/C12H10BrClN4O/c13-6-1-2-7(14)10(5-6)18-12-8(15)3-4-9(17-12)11(16)19/h1-5H,15H2,(H2,16,19)(H,17,18). The highest BCUT2D eigenvalue weighted by atomic mass is 79.9. The molecule has 0 bridgehead atoms. The van der Waals surface area contributed by atoms with Crippen molar-refractivity contribution in [3.05, 3.63) is 45.5 Å². The first kappa shape index (κ1) is 13.6. The molecule has 19 heavy (non-hydrogen) atoms. The second kappa shape index (κ2) is 5.46. The minimum Gasteiger partial charge on any atom is -0.396 e. The van der Waals surface area contributed by atoms with E-state index in [1.807, 2.05) is 6.07 Å². The molecule has 0 aliphatic rings. The van der Waals surface area contributed by atoms with E-state index in [-0.39, 0.29) is 5.69 Å². The second-order valence-corrected chi connectivity index (χ2v) is 5.07. The molecule has 0 unspecified atom stereocenters. The van der Waals surface area contributed by atoms with Gasteiger partial charge in [-0.25, -0.2) is 4.98 Å². The van der Waals surface area contributed by atoms with Crippen molar-refractivity contribution in [3.8, 4) is 0 Å². The van der Waals surface area contributed by atoms with E-state index < -0.39 is 5.91 Å². The third-order valence-electron chi connectivity index (χ3n) is 2.36. The van der Waals surface area contributed by atoms with E-state index in [9.17, 15) is 4.79 Å². The number of primary amides is 1. The summed E-state index contributed by atoms with van der Waals surface area (Å²) in [7, 11) is 0. The first-order chi connectivity index (χ1) is 8.97. The largest absolute Gasteiger partial charge is 0.396 e. The van der Waals surface area contributed by atoms with Crippen LogP contribution in [-0.4, -0.2) is 10.9 Å². The van der Waals surface area contributed by atoms with Gasteiger partial charge in [0.1, 0.15) is 5.69 Å². The number of nitrogen functional groups attached to an aromatic ring is 1. The van der Waals surface area contributed by atoms with Crippen molar-refractivity contribution in [3.63, 3.8) is 0 Å². The van der Waals surface area contributed by atoms with Crippen LogP contribution in [-0.2, 0) is 0 Å². The van der Waals surface area contributed by atoms with Crippen molar-refractivity contribution >= 4 is 50.6 Å². The Hall–Kier alpha value is -1.79. The molecule has 1 aromatic heterocycles. The van der Waals surface area contributed by atoms with Gasteiger partial charge in [0.25, 0.3) is 5.91 Å². The van der Waals surface area contributed by atoms with E-state index in [0.29, 0.717) is 22.2 Å². The molecule has 0 saturated carbocycles. The summed E-state index contributed by atoms with van der Waals surface area (Å²) in [5.41, 5.74) is 12.1. The van der Waals surface area contributed by atoms with Crippen molar-refractivity contribution in [2.24, 2.45) is 5.73 Å². The number of pyridine rings is 1. The monoisotopic (exact) mass is 340 g/mol. The quantitative estimate of drug-likeness (QED) is 0.800. The molecule has 0 aliphatic carbocycles. The Balaban J connectivity index is 2.40. The van der Waals surface area contributed by atoms with Gasteiger partial charge in [-0.05, 0) is 30.3 Å². The molecule has 0 radical (unpaired) electrons. The molecule has 1 aromatic carbocycles. The SMILES string of the molecule is NC(=O)c1ccc(N)c(Nc2cc(Br)ccc2Cl)n1. The summed E-state index contributed by atoms with van der Waals surface area (Å²) >= 11 is 9.40. The number of aromatic nitrogens is 1. The molecule has 1 amide bonds. The Kier molecular flexibility index (Phi) is 3.92. The summed E-state index contributed by atoms with van der Waals surface area (Å²) in [5, 5.41) is 3.48. The Morgan fingerprint density at radius 1 is 1.32 bits per heavy atom. The zero-order valence-corrected chi connectivity index (χ0v) is 12.0. The number of benzene rings is 1. The fraction of sp³-hybridized carbons (Fsp3) is 0. The molecule has 0 aliphatic heterocycles. The Morgan fingerprint density at radius 2 is 2.05 bits per heavy atom. The lowest BCUT2D eigenvalue weighted by molar-refractivity contribution is 0.0996. The lowest BCUT2D eigenvalue weighted by Gasteiger charge is -2.11. The van der Waals surface area contributed by atoms with Gasteiger partial charge in [-0.15, -0.1) is 0 Å². The van der Waals surface area contributed by atoms with Gasteiger partial charge in [-0.1, -0.05) is 27.5 Å². The fourth-order valence-corrected chi connectivity index (χ4v) is 1.95. The van der Waals surface area contributed by atoms with E-state index in [2.05, 4.69) is 26.2 Å². The van der Waals surface area contributed by atoms with Gasteiger partial charge in [-0.3, -0.25) is 4.79 Å². The number of rotatable bonds is 3. The summed E-state index contributed by atoms with van der Waals surface area (Å²) in [4.78, 5) is 15.1. The first-order valence-electron chi connectivity index (χ1n) is 5.26. The van der Waals surface area contributed by atoms with Crippen molar-refractivity contribution in [2.75, 3.05) is 11.1 Å². The van der Waals surface area contributed by atoms with Crippen molar-refractivity contribution in [1.29, 1.82) is 0 Å². The van der Waals surface area contributed by atoms with Crippen molar-refractivity contribution < 1.29 is 4.79 Å². The summed E-state index contributed by atoms with van der Waals surface area (Å²) in [6.07, 6.45) is 0. The zero-order chi connectivity index (χ0) is 14.0. The number of hydrogen-bond acceptors (Lipinski definition) is 4. The van der Waals surface area contributed by atoms with Crippen LogP contribution < -0.4 is 16.8 Å². The molecule has 2 aromatic rings. The minimum atomic E-state index is -0.622. The number of nitrogens with one attached hydrogen (secondary N) is 1. The third-order valence-corrected chi connectivity index (χ3v) is 3.18. The zero-order valence-electron chi connectivity index (χ0n) is 9.65. The number of carbonyl (C=O) groups excluding carboxylic acids is 1. The average Bonchev–Trinajstić information content (AvgIpc) is 2.36. The highest BCUT2D eigenvalue weighted by Gasteiger charge is 2.09. The molecule has 5 nitrogen and oxygen atoms in total. The number of anilines is 3. The molecule has 5 N–H and O–H groups in total. The van der Waals surface area contributed by atoms with Crippen LogP contribution in [0.5, 0.6) is 0 Å². The smallest absolute Gasteiger partial charge is 0.267 e. The molecule has 0 saturated heterocycles. The van der Waals surface area contributed by atoms with Gasteiger partial charge in [0.15, 0.2) is 5.82 Å². The molecular weight excluding hydrogens is 332 g/mol. The van der Waals surface area contributed by atoms with Crippen molar-refractivity contribution in [1.82, 2.24) is 4.98 Å². The number of carbonyl (C=O) groups is 1. The van der Waals surface area contributed by atoms with Gasteiger partial charge >= 0.3 is 0 Å². The Bertz CT molecular complexity index is 648. The van der Waals surface area contributed by atoms with Crippen LogP contribution in [0.25, 0.3) is 0 Å². The van der Waals surface area contributed by atoms with E-state index in [1.165, 1.54) is 6.07 Å². The van der Waals surface area contributed by atoms with E-state index in [0.717, 1.165) is 4.47 Å². The predicted molar refractivity (Wildman–Crippen MR) is 79.6 cm³/mol. The lowest BCUT2D eigenvalue weighted by atomic mass is 10.3. The van der Waals surface area contributed by atoms with Gasteiger partial charge in [0.05, 0.1) is 16.4 Å². The Morgan fingerprint density at radius 3 is 2.74 bits per heavy atom. The summed E-state index contributed by atoms with van der Waals surface area (Å²) in [6.45, 7) is 0. The fourth-order valence-electron chi connectivity index (χ4n) is 1.43. The van der Waals surface area contributed by atoms with Crippen LogP contribution >= 0.6 is 27.5 Å². The van der Waals surface area contributed by atoms with E-state index in [1.54, 1.807) is 18.2 Å². The summed E-state index contributed by atoms with van der Waals surface area (Å²) in [5.74, 6) is -0.292. The predicted octanol–water partition coefficient (Wildman–Crippen LogP) is 2.92.